The summed E-state index contributed by atoms with van der Waals surface area (Å²) >= 11 is 1.29. The Bertz CT molecular complexity index is 220. The highest BCUT2D eigenvalue weighted by Crippen LogP contribution is 2.03. The molecule has 0 bridgehead atoms. The molecule has 0 atom stereocenters. The number of allylic oxidation sites excluding steroid dienone is 5. The fraction of sp³-hybridized carbons (Fsp3) is 0.300. The molecule has 12 heavy (non-hydrogen) atoms. The average Bonchev–Trinajstić information content (AvgIpc) is 2.09. The van der Waals surface area contributed by atoms with Gasteiger partial charge in [0, 0.05) is 5.75 Å². The zero-order valence-electron chi connectivity index (χ0n) is 7.29. The summed E-state index contributed by atoms with van der Waals surface area (Å²) in [5.41, 5.74) is 1.22. The SMILES string of the molecule is C=C/C=C\C(C)=C/CCSC#N. The van der Waals surface area contributed by atoms with Crippen LogP contribution in [-0.4, -0.2) is 5.75 Å². The van der Waals surface area contributed by atoms with Crippen molar-refractivity contribution in [3.63, 3.8) is 0 Å². The monoisotopic (exact) mass is 179 g/mol. The van der Waals surface area contributed by atoms with Crippen molar-refractivity contribution in [3.8, 4) is 5.40 Å². The third-order valence-corrected chi connectivity index (χ3v) is 1.81. The Morgan fingerprint density at radius 3 is 3.00 bits per heavy atom. The van der Waals surface area contributed by atoms with E-state index in [0.717, 1.165) is 12.2 Å². The molecule has 0 aliphatic carbocycles. The average molecular weight is 179 g/mol. The summed E-state index contributed by atoms with van der Waals surface area (Å²) in [5.74, 6) is 0.871. The van der Waals surface area contributed by atoms with Crippen LogP contribution in [0.3, 0.4) is 0 Å². The van der Waals surface area contributed by atoms with Gasteiger partial charge in [-0.3, -0.25) is 0 Å². The maximum Gasteiger partial charge on any atom is 0.133 e. The van der Waals surface area contributed by atoms with Crippen LogP contribution in [0.25, 0.3) is 0 Å². The Kier molecular flexibility index (Phi) is 7.52. The van der Waals surface area contributed by atoms with Gasteiger partial charge in [-0.25, -0.2) is 0 Å². The van der Waals surface area contributed by atoms with Gasteiger partial charge in [-0.2, -0.15) is 5.26 Å². The summed E-state index contributed by atoms with van der Waals surface area (Å²) in [6.45, 7) is 5.62. The van der Waals surface area contributed by atoms with Gasteiger partial charge >= 0.3 is 0 Å². The molecule has 0 saturated carbocycles. The lowest BCUT2D eigenvalue weighted by Crippen LogP contribution is -1.74. The lowest BCUT2D eigenvalue weighted by atomic mass is 10.2. The van der Waals surface area contributed by atoms with Crippen molar-refractivity contribution >= 4 is 11.8 Å². The Balaban J connectivity index is 3.63. The lowest BCUT2D eigenvalue weighted by molar-refractivity contribution is 1.22. The predicted molar refractivity (Wildman–Crippen MR) is 55.8 cm³/mol. The van der Waals surface area contributed by atoms with Crippen LogP contribution >= 0.6 is 11.8 Å². The first-order chi connectivity index (χ1) is 5.81. The summed E-state index contributed by atoms with van der Waals surface area (Å²) in [6, 6.07) is 0. The molecule has 0 aromatic heterocycles. The third kappa shape index (κ3) is 7.17. The van der Waals surface area contributed by atoms with E-state index in [1.165, 1.54) is 17.3 Å². The Morgan fingerprint density at radius 2 is 2.42 bits per heavy atom. The number of thioether (sulfide) groups is 1. The summed E-state index contributed by atoms with van der Waals surface area (Å²) in [4.78, 5) is 0. The molecule has 2 heteroatoms. The third-order valence-electron chi connectivity index (χ3n) is 1.25. The van der Waals surface area contributed by atoms with E-state index in [-0.39, 0.29) is 0 Å². The van der Waals surface area contributed by atoms with Gasteiger partial charge in [-0.1, -0.05) is 36.5 Å². The van der Waals surface area contributed by atoms with Crippen LogP contribution in [0.5, 0.6) is 0 Å². The van der Waals surface area contributed by atoms with Crippen molar-refractivity contribution in [2.75, 3.05) is 5.75 Å². The van der Waals surface area contributed by atoms with Crippen molar-refractivity contribution in [1.82, 2.24) is 0 Å². The molecular formula is C10H13NS. The van der Waals surface area contributed by atoms with Crippen molar-refractivity contribution in [2.24, 2.45) is 0 Å². The smallest absolute Gasteiger partial charge is 0.133 e. The van der Waals surface area contributed by atoms with E-state index in [9.17, 15) is 0 Å². The van der Waals surface area contributed by atoms with Gasteiger partial charge in [0.05, 0.1) is 0 Å². The standard InChI is InChI=1S/C10H13NS/c1-3-4-6-10(2)7-5-8-12-9-11/h3-4,6-7H,1,5,8H2,2H3/b6-4-,10-7-. The van der Waals surface area contributed by atoms with Crippen molar-refractivity contribution in [2.45, 2.75) is 13.3 Å². The van der Waals surface area contributed by atoms with E-state index in [0.29, 0.717) is 0 Å². The molecule has 0 heterocycles. The first kappa shape index (κ1) is 11.1. The van der Waals surface area contributed by atoms with E-state index in [1.54, 1.807) is 6.08 Å². The molecule has 1 nitrogen and oxygen atoms in total. The molecule has 0 aliphatic rings. The topological polar surface area (TPSA) is 23.8 Å². The molecule has 64 valence electrons. The van der Waals surface area contributed by atoms with E-state index >= 15 is 0 Å². The van der Waals surface area contributed by atoms with E-state index in [4.69, 9.17) is 5.26 Å². The molecule has 0 N–H and O–H groups in total. The van der Waals surface area contributed by atoms with Crippen molar-refractivity contribution in [1.29, 1.82) is 5.26 Å². The Hall–Kier alpha value is -0.940. The second kappa shape index (κ2) is 8.16. The Labute approximate surface area is 78.5 Å². The van der Waals surface area contributed by atoms with Crippen molar-refractivity contribution < 1.29 is 0 Å². The highest BCUT2D eigenvalue weighted by molar-refractivity contribution is 8.03. The molecule has 0 radical (unpaired) electrons. The highest BCUT2D eigenvalue weighted by Gasteiger charge is 1.83. The minimum absolute atomic E-state index is 0.871. The van der Waals surface area contributed by atoms with Gasteiger partial charge in [0.2, 0.25) is 0 Å². The summed E-state index contributed by atoms with van der Waals surface area (Å²) in [6.07, 6.45) is 8.73. The predicted octanol–water partition coefficient (Wildman–Crippen LogP) is 3.28. The molecular weight excluding hydrogens is 166 g/mol. The highest BCUT2D eigenvalue weighted by atomic mass is 32.2. The summed E-state index contributed by atoms with van der Waals surface area (Å²) in [7, 11) is 0. The number of thiocyanates is 1. The van der Waals surface area contributed by atoms with Crippen LogP contribution in [0.2, 0.25) is 0 Å². The summed E-state index contributed by atoms with van der Waals surface area (Å²) in [5, 5.41) is 10.3. The zero-order chi connectivity index (χ0) is 9.23. The normalized spacial score (nSPS) is 11.5. The maximum atomic E-state index is 8.24. The van der Waals surface area contributed by atoms with Gasteiger partial charge in [0.15, 0.2) is 0 Å². The molecule has 0 amide bonds. The minimum Gasteiger partial charge on any atom is -0.185 e. The number of hydrogen-bond acceptors (Lipinski definition) is 2. The molecule has 0 aromatic rings. The van der Waals surface area contributed by atoms with E-state index in [1.807, 2.05) is 24.5 Å². The fourth-order valence-corrected chi connectivity index (χ4v) is 1.01. The largest absolute Gasteiger partial charge is 0.185 e. The molecule has 0 aromatic carbocycles. The fourth-order valence-electron chi connectivity index (χ4n) is 0.679. The van der Waals surface area contributed by atoms with Crippen LogP contribution in [0.15, 0.2) is 36.5 Å². The number of nitriles is 1. The summed E-state index contributed by atoms with van der Waals surface area (Å²) < 4.78 is 0. The van der Waals surface area contributed by atoms with E-state index in [2.05, 4.69) is 12.7 Å². The molecule has 0 unspecified atom stereocenters. The van der Waals surface area contributed by atoms with Crippen molar-refractivity contribution in [3.05, 3.63) is 36.5 Å². The van der Waals surface area contributed by atoms with Crippen LogP contribution in [0.1, 0.15) is 13.3 Å². The number of rotatable bonds is 5. The minimum atomic E-state index is 0.871. The van der Waals surface area contributed by atoms with Crippen LogP contribution in [0, 0.1) is 10.7 Å². The quantitative estimate of drug-likeness (QED) is 0.367. The maximum absolute atomic E-state index is 8.24. The lowest BCUT2D eigenvalue weighted by Gasteiger charge is -1.90. The second-order valence-corrected chi connectivity index (χ2v) is 3.15. The van der Waals surface area contributed by atoms with Gasteiger partial charge in [0.25, 0.3) is 0 Å². The zero-order valence-corrected chi connectivity index (χ0v) is 8.10. The Morgan fingerprint density at radius 1 is 1.67 bits per heavy atom. The molecule has 0 aliphatic heterocycles. The van der Waals surface area contributed by atoms with Gasteiger partial charge in [-0.15, -0.1) is 0 Å². The number of hydrogen-bond donors (Lipinski definition) is 0. The second-order valence-electron chi connectivity index (χ2n) is 2.27. The number of nitrogens with zero attached hydrogens (tertiary/aromatic N) is 1. The van der Waals surface area contributed by atoms with Gasteiger partial charge < -0.3 is 0 Å². The molecule has 0 rings (SSSR count). The van der Waals surface area contributed by atoms with Crippen LogP contribution in [-0.2, 0) is 0 Å². The van der Waals surface area contributed by atoms with E-state index < -0.39 is 0 Å². The first-order valence-electron chi connectivity index (χ1n) is 3.78. The van der Waals surface area contributed by atoms with Gasteiger partial charge in [0.1, 0.15) is 5.40 Å². The molecule has 0 fully saturated rings. The molecule has 0 spiro atoms. The molecule has 0 saturated heterocycles. The van der Waals surface area contributed by atoms with Crippen LogP contribution < -0.4 is 0 Å². The van der Waals surface area contributed by atoms with Crippen LogP contribution in [0.4, 0.5) is 0 Å². The van der Waals surface area contributed by atoms with Gasteiger partial charge in [-0.05, 0) is 25.1 Å². The first-order valence-corrected chi connectivity index (χ1v) is 4.76.